The first-order chi connectivity index (χ1) is 8.15. The Kier molecular flexibility index (Phi) is 4.79. The van der Waals surface area contributed by atoms with Crippen molar-refractivity contribution < 1.29 is 4.43 Å². The van der Waals surface area contributed by atoms with Crippen molar-refractivity contribution in [2.24, 2.45) is 0 Å². The zero-order valence-electron chi connectivity index (χ0n) is 13.0. The van der Waals surface area contributed by atoms with Crippen LogP contribution in [0, 0.1) is 19.9 Å². The van der Waals surface area contributed by atoms with Gasteiger partial charge >= 0.3 is 0 Å². The van der Waals surface area contributed by atoms with Crippen LogP contribution in [0.5, 0.6) is 0 Å². The lowest BCUT2D eigenvalue weighted by Crippen LogP contribution is -2.41. The van der Waals surface area contributed by atoms with E-state index in [1.165, 1.54) is 16.7 Å². The van der Waals surface area contributed by atoms with E-state index in [9.17, 15) is 0 Å². The zero-order valence-corrected chi connectivity index (χ0v) is 14.0. The molecular formula is C16H27OSi. The number of benzene rings is 1. The van der Waals surface area contributed by atoms with Crippen molar-refractivity contribution in [3.8, 4) is 0 Å². The maximum absolute atomic E-state index is 6.24. The molecule has 0 aliphatic carbocycles. The average molecular weight is 263 g/mol. The van der Waals surface area contributed by atoms with Crippen LogP contribution in [0.15, 0.2) is 12.1 Å². The van der Waals surface area contributed by atoms with E-state index < -0.39 is 8.32 Å². The summed E-state index contributed by atoms with van der Waals surface area (Å²) in [7, 11) is -1.60. The van der Waals surface area contributed by atoms with Crippen molar-refractivity contribution in [3.63, 3.8) is 0 Å². The molecule has 1 aromatic carbocycles. The molecule has 0 heterocycles. The summed E-state index contributed by atoms with van der Waals surface area (Å²) in [4.78, 5) is 0. The van der Waals surface area contributed by atoms with Gasteiger partial charge in [0.25, 0.3) is 0 Å². The van der Waals surface area contributed by atoms with Crippen LogP contribution in [-0.2, 0) is 10.8 Å². The molecule has 2 heteroatoms. The molecule has 1 nitrogen and oxygen atoms in total. The SMILES string of the molecule is Cc1c[c]cc(C)c1CCO[Si](C)(C)C(C)(C)C. The van der Waals surface area contributed by atoms with Crippen molar-refractivity contribution in [1.82, 2.24) is 0 Å². The molecule has 101 valence electrons. The molecule has 0 saturated carbocycles. The third-order valence-electron chi connectivity index (χ3n) is 4.17. The smallest absolute Gasteiger partial charge is 0.191 e. The van der Waals surface area contributed by atoms with E-state index in [4.69, 9.17) is 4.43 Å². The maximum atomic E-state index is 6.24. The highest BCUT2D eigenvalue weighted by atomic mass is 28.4. The van der Waals surface area contributed by atoms with Gasteiger partial charge in [-0.2, -0.15) is 0 Å². The fraction of sp³-hybridized carbons (Fsp3) is 0.625. The molecule has 0 saturated heterocycles. The normalized spacial score (nSPS) is 12.8. The van der Waals surface area contributed by atoms with Gasteiger partial charge in [0.1, 0.15) is 0 Å². The Balaban J connectivity index is 2.63. The molecule has 0 aliphatic rings. The minimum absolute atomic E-state index is 0.293. The van der Waals surface area contributed by atoms with Crippen molar-refractivity contribution in [2.75, 3.05) is 6.61 Å². The Labute approximate surface area is 114 Å². The first-order valence-corrected chi connectivity index (χ1v) is 9.66. The summed E-state index contributed by atoms with van der Waals surface area (Å²) in [6, 6.07) is 7.30. The van der Waals surface area contributed by atoms with Gasteiger partial charge < -0.3 is 4.43 Å². The fourth-order valence-corrected chi connectivity index (χ4v) is 2.84. The average Bonchev–Trinajstić information content (AvgIpc) is 2.20. The zero-order chi connectivity index (χ0) is 14.0. The highest BCUT2D eigenvalue weighted by molar-refractivity contribution is 6.74. The molecule has 0 fully saturated rings. The van der Waals surface area contributed by atoms with E-state index in [1.807, 2.05) is 0 Å². The summed E-state index contributed by atoms with van der Waals surface area (Å²) in [6.07, 6.45) is 1.01. The Morgan fingerprint density at radius 1 is 1.11 bits per heavy atom. The molecule has 0 aliphatic heterocycles. The summed E-state index contributed by atoms with van der Waals surface area (Å²) in [5.41, 5.74) is 4.08. The van der Waals surface area contributed by atoms with Crippen LogP contribution >= 0.6 is 0 Å². The van der Waals surface area contributed by atoms with Crippen LogP contribution in [0.2, 0.25) is 18.1 Å². The molecule has 1 rings (SSSR count). The largest absolute Gasteiger partial charge is 0.416 e. The summed E-state index contributed by atoms with van der Waals surface area (Å²) < 4.78 is 6.24. The monoisotopic (exact) mass is 263 g/mol. The van der Waals surface area contributed by atoms with Crippen LogP contribution in [-0.4, -0.2) is 14.9 Å². The molecule has 0 spiro atoms. The number of rotatable bonds is 4. The molecule has 0 bridgehead atoms. The highest BCUT2D eigenvalue weighted by Gasteiger charge is 2.36. The van der Waals surface area contributed by atoms with Gasteiger partial charge in [0.05, 0.1) is 0 Å². The van der Waals surface area contributed by atoms with E-state index in [0.717, 1.165) is 13.0 Å². The summed E-state index contributed by atoms with van der Waals surface area (Å²) in [6.45, 7) is 16.6. The van der Waals surface area contributed by atoms with Gasteiger partial charge in [0.2, 0.25) is 0 Å². The van der Waals surface area contributed by atoms with Crippen LogP contribution in [0.3, 0.4) is 0 Å². The van der Waals surface area contributed by atoms with Gasteiger partial charge in [-0.15, -0.1) is 0 Å². The van der Waals surface area contributed by atoms with Gasteiger partial charge in [0, 0.05) is 6.61 Å². The maximum Gasteiger partial charge on any atom is 0.191 e. The van der Waals surface area contributed by atoms with Gasteiger partial charge in [-0.25, -0.2) is 0 Å². The lowest BCUT2D eigenvalue weighted by Gasteiger charge is -2.36. The van der Waals surface area contributed by atoms with E-state index in [1.54, 1.807) is 0 Å². The lowest BCUT2D eigenvalue weighted by atomic mass is 10.0. The van der Waals surface area contributed by atoms with Gasteiger partial charge in [-0.3, -0.25) is 0 Å². The lowest BCUT2D eigenvalue weighted by molar-refractivity contribution is 0.291. The molecule has 1 radical (unpaired) electrons. The van der Waals surface area contributed by atoms with E-state index >= 15 is 0 Å². The molecule has 0 atom stereocenters. The Bertz CT molecular complexity index is 382. The number of hydrogen-bond donors (Lipinski definition) is 0. The fourth-order valence-electron chi connectivity index (χ4n) is 1.80. The first-order valence-electron chi connectivity index (χ1n) is 6.75. The predicted molar refractivity (Wildman–Crippen MR) is 81.6 cm³/mol. The molecule has 0 aromatic heterocycles. The predicted octanol–water partition coefficient (Wildman–Crippen LogP) is 4.67. The molecule has 0 N–H and O–H groups in total. The van der Waals surface area contributed by atoms with E-state index in [-0.39, 0.29) is 0 Å². The summed E-state index contributed by atoms with van der Waals surface area (Å²) in [5.74, 6) is 0. The minimum atomic E-state index is -1.60. The van der Waals surface area contributed by atoms with Crippen molar-refractivity contribution >= 4 is 8.32 Å². The quantitative estimate of drug-likeness (QED) is 0.717. The van der Waals surface area contributed by atoms with Crippen LogP contribution in [0.4, 0.5) is 0 Å². The van der Waals surface area contributed by atoms with Crippen LogP contribution in [0.25, 0.3) is 0 Å². The van der Waals surface area contributed by atoms with Crippen LogP contribution in [0.1, 0.15) is 37.5 Å². The molecule has 18 heavy (non-hydrogen) atoms. The topological polar surface area (TPSA) is 9.23 Å². The molecular weight excluding hydrogens is 236 g/mol. The van der Waals surface area contributed by atoms with Gasteiger partial charge in [-0.1, -0.05) is 32.9 Å². The summed E-state index contributed by atoms with van der Waals surface area (Å²) in [5, 5.41) is 0.293. The Hall–Kier alpha value is -0.603. The number of aryl methyl sites for hydroxylation is 2. The molecule has 0 amide bonds. The third kappa shape index (κ3) is 3.69. The molecule has 0 unspecified atom stereocenters. The first kappa shape index (κ1) is 15.5. The van der Waals surface area contributed by atoms with Gasteiger partial charge in [0.15, 0.2) is 8.32 Å². The van der Waals surface area contributed by atoms with E-state index in [0.29, 0.717) is 5.04 Å². The Morgan fingerprint density at radius 3 is 2.06 bits per heavy atom. The van der Waals surface area contributed by atoms with Crippen LogP contribution < -0.4 is 0 Å². The number of hydrogen-bond acceptors (Lipinski definition) is 1. The van der Waals surface area contributed by atoms with Crippen molar-refractivity contribution in [1.29, 1.82) is 0 Å². The van der Waals surface area contributed by atoms with Crippen molar-refractivity contribution in [2.45, 2.75) is 59.2 Å². The summed E-state index contributed by atoms with van der Waals surface area (Å²) >= 11 is 0. The standard InChI is InChI=1S/C16H27OSi/c1-13-9-8-10-14(2)15(13)11-12-17-18(6,7)16(3,4)5/h9-10H,11-12H2,1-7H3. The Morgan fingerprint density at radius 2 is 1.61 bits per heavy atom. The second-order valence-corrected chi connectivity index (χ2v) is 11.5. The third-order valence-corrected chi connectivity index (χ3v) is 8.71. The highest BCUT2D eigenvalue weighted by Crippen LogP contribution is 2.36. The van der Waals surface area contributed by atoms with E-state index in [2.05, 4.69) is 65.9 Å². The van der Waals surface area contributed by atoms with Gasteiger partial charge in [-0.05, 0) is 61.2 Å². The second kappa shape index (κ2) is 5.58. The molecule has 1 aromatic rings. The van der Waals surface area contributed by atoms with Crippen molar-refractivity contribution in [3.05, 3.63) is 34.9 Å². The minimum Gasteiger partial charge on any atom is -0.416 e. The second-order valence-electron chi connectivity index (χ2n) is 6.66.